The fraction of sp³-hybridized carbons (Fsp3) is 0.647. The second kappa shape index (κ2) is 6.46. The van der Waals surface area contributed by atoms with Gasteiger partial charge >= 0.3 is 0 Å². The molecular formula is C17H27ClN2. The maximum atomic E-state index is 6.15. The third-order valence-corrected chi connectivity index (χ3v) is 5.08. The molecule has 3 heteroatoms. The van der Waals surface area contributed by atoms with Gasteiger partial charge in [0.2, 0.25) is 0 Å². The normalized spacial score (nSPS) is 29.4. The van der Waals surface area contributed by atoms with Crippen molar-refractivity contribution in [2.75, 3.05) is 13.1 Å². The lowest BCUT2D eigenvalue weighted by Gasteiger charge is -2.48. The van der Waals surface area contributed by atoms with Gasteiger partial charge in [0, 0.05) is 35.7 Å². The molecule has 0 aliphatic carbocycles. The van der Waals surface area contributed by atoms with E-state index in [0.717, 1.165) is 24.5 Å². The summed E-state index contributed by atoms with van der Waals surface area (Å²) in [7, 11) is 0. The minimum absolute atomic E-state index is 0.221. The van der Waals surface area contributed by atoms with E-state index in [9.17, 15) is 0 Å². The van der Waals surface area contributed by atoms with Crippen LogP contribution in [0.5, 0.6) is 0 Å². The number of hydrogen-bond acceptors (Lipinski definition) is 2. The Labute approximate surface area is 128 Å². The van der Waals surface area contributed by atoms with E-state index in [1.165, 1.54) is 12.0 Å². The van der Waals surface area contributed by atoms with E-state index in [1.807, 2.05) is 6.07 Å². The van der Waals surface area contributed by atoms with E-state index < -0.39 is 0 Å². The molecule has 1 aliphatic heterocycles. The van der Waals surface area contributed by atoms with E-state index in [4.69, 9.17) is 11.6 Å². The number of halogens is 1. The van der Waals surface area contributed by atoms with E-state index in [1.54, 1.807) is 0 Å². The molecule has 0 saturated carbocycles. The second-order valence-electron chi connectivity index (χ2n) is 6.26. The highest BCUT2D eigenvalue weighted by Crippen LogP contribution is 2.30. The third kappa shape index (κ3) is 3.36. The molecule has 1 aromatic rings. The van der Waals surface area contributed by atoms with Crippen molar-refractivity contribution < 1.29 is 0 Å². The molecule has 1 aromatic carbocycles. The maximum Gasteiger partial charge on any atom is 0.0409 e. The minimum Gasteiger partial charge on any atom is -0.309 e. The van der Waals surface area contributed by atoms with Gasteiger partial charge in [-0.3, -0.25) is 4.90 Å². The van der Waals surface area contributed by atoms with Crippen molar-refractivity contribution in [1.82, 2.24) is 10.2 Å². The van der Waals surface area contributed by atoms with Crippen LogP contribution in [-0.4, -0.2) is 29.6 Å². The summed E-state index contributed by atoms with van der Waals surface area (Å²) < 4.78 is 0. The van der Waals surface area contributed by atoms with Gasteiger partial charge in [-0.15, -0.1) is 0 Å². The zero-order valence-electron chi connectivity index (χ0n) is 13.1. The van der Waals surface area contributed by atoms with E-state index in [-0.39, 0.29) is 5.54 Å². The minimum atomic E-state index is 0.221. The number of benzene rings is 1. The summed E-state index contributed by atoms with van der Waals surface area (Å²) >= 11 is 6.15. The lowest BCUT2D eigenvalue weighted by atomic mass is 9.90. The Morgan fingerprint density at radius 1 is 1.45 bits per heavy atom. The highest BCUT2D eigenvalue weighted by Gasteiger charge is 2.36. The van der Waals surface area contributed by atoms with Gasteiger partial charge in [-0.1, -0.05) is 37.6 Å². The average molecular weight is 295 g/mol. The summed E-state index contributed by atoms with van der Waals surface area (Å²) in [5, 5.41) is 4.56. The first-order chi connectivity index (χ1) is 9.49. The molecule has 0 amide bonds. The Balaban J connectivity index is 2.22. The molecule has 2 nitrogen and oxygen atoms in total. The van der Waals surface area contributed by atoms with Gasteiger partial charge in [0.05, 0.1) is 0 Å². The molecule has 0 aromatic heterocycles. The standard InChI is InChI=1S/C17H27ClN2/c1-5-16-11-19-17(4,6-2)12-20(16)13(3)14-8-7-9-15(18)10-14/h7-10,13,16,19H,5-6,11-12H2,1-4H3. The molecule has 1 saturated heterocycles. The van der Waals surface area contributed by atoms with Crippen molar-refractivity contribution in [1.29, 1.82) is 0 Å². The van der Waals surface area contributed by atoms with Crippen LogP contribution in [0.25, 0.3) is 0 Å². The zero-order valence-corrected chi connectivity index (χ0v) is 13.9. The molecule has 1 heterocycles. The molecule has 0 spiro atoms. The smallest absolute Gasteiger partial charge is 0.0409 e. The number of nitrogens with zero attached hydrogens (tertiary/aromatic N) is 1. The molecule has 3 unspecified atom stereocenters. The molecule has 1 aliphatic rings. The highest BCUT2D eigenvalue weighted by molar-refractivity contribution is 6.30. The topological polar surface area (TPSA) is 15.3 Å². The van der Waals surface area contributed by atoms with E-state index in [0.29, 0.717) is 12.1 Å². The number of nitrogens with one attached hydrogen (secondary N) is 1. The van der Waals surface area contributed by atoms with Gasteiger partial charge in [0.1, 0.15) is 0 Å². The maximum absolute atomic E-state index is 6.15. The fourth-order valence-electron chi connectivity index (χ4n) is 3.10. The van der Waals surface area contributed by atoms with Crippen molar-refractivity contribution in [3.8, 4) is 0 Å². The molecule has 0 bridgehead atoms. The second-order valence-corrected chi connectivity index (χ2v) is 6.70. The van der Waals surface area contributed by atoms with Crippen LogP contribution in [0.1, 0.15) is 52.1 Å². The lowest BCUT2D eigenvalue weighted by molar-refractivity contribution is 0.0494. The highest BCUT2D eigenvalue weighted by atomic mass is 35.5. The summed E-state index contributed by atoms with van der Waals surface area (Å²) in [6.07, 6.45) is 2.33. The largest absolute Gasteiger partial charge is 0.309 e. The molecule has 20 heavy (non-hydrogen) atoms. The SMILES string of the molecule is CCC1CNC(C)(CC)CN1C(C)c1cccc(Cl)c1. The number of hydrogen-bond donors (Lipinski definition) is 1. The van der Waals surface area contributed by atoms with Crippen molar-refractivity contribution in [3.05, 3.63) is 34.9 Å². The van der Waals surface area contributed by atoms with Crippen LogP contribution in [0.15, 0.2) is 24.3 Å². The van der Waals surface area contributed by atoms with Crippen LogP contribution in [0.4, 0.5) is 0 Å². The lowest BCUT2D eigenvalue weighted by Crippen LogP contribution is -2.62. The molecule has 1 N–H and O–H groups in total. The molecular weight excluding hydrogens is 268 g/mol. The first kappa shape index (κ1) is 15.8. The van der Waals surface area contributed by atoms with Crippen LogP contribution in [-0.2, 0) is 0 Å². The molecule has 112 valence electrons. The number of piperazine rings is 1. The van der Waals surface area contributed by atoms with Gasteiger partial charge in [-0.05, 0) is 44.4 Å². The molecule has 0 radical (unpaired) electrons. The van der Waals surface area contributed by atoms with Crippen LogP contribution in [0.3, 0.4) is 0 Å². The predicted octanol–water partition coefficient (Wildman–Crippen LogP) is 4.25. The zero-order chi connectivity index (χ0) is 14.8. The first-order valence-corrected chi connectivity index (χ1v) is 8.13. The molecule has 3 atom stereocenters. The van der Waals surface area contributed by atoms with Crippen molar-refractivity contribution in [3.63, 3.8) is 0 Å². The van der Waals surface area contributed by atoms with Crippen LogP contribution in [0.2, 0.25) is 5.02 Å². The van der Waals surface area contributed by atoms with Gasteiger partial charge in [0.15, 0.2) is 0 Å². The molecule has 1 fully saturated rings. The summed E-state index contributed by atoms with van der Waals surface area (Å²) in [5.41, 5.74) is 1.54. The average Bonchev–Trinajstić information content (AvgIpc) is 2.46. The quantitative estimate of drug-likeness (QED) is 0.893. The van der Waals surface area contributed by atoms with Crippen molar-refractivity contribution in [2.24, 2.45) is 0 Å². The van der Waals surface area contributed by atoms with E-state index in [2.05, 4.69) is 56.1 Å². The Morgan fingerprint density at radius 2 is 2.20 bits per heavy atom. The summed E-state index contributed by atoms with van der Waals surface area (Å²) in [4.78, 5) is 2.64. The van der Waals surface area contributed by atoms with Crippen LogP contribution < -0.4 is 5.32 Å². The Morgan fingerprint density at radius 3 is 2.80 bits per heavy atom. The third-order valence-electron chi connectivity index (χ3n) is 4.85. The summed E-state index contributed by atoms with van der Waals surface area (Å²) in [6, 6.07) is 9.30. The van der Waals surface area contributed by atoms with Crippen LogP contribution in [0, 0.1) is 0 Å². The summed E-state index contributed by atoms with van der Waals surface area (Å²) in [5.74, 6) is 0. The monoisotopic (exact) mass is 294 g/mol. The Kier molecular flexibility index (Phi) is 5.11. The van der Waals surface area contributed by atoms with Gasteiger partial charge in [0.25, 0.3) is 0 Å². The van der Waals surface area contributed by atoms with Gasteiger partial charge in [-0.2, -0.15) is 0 Å². The van der Waals surface area contributed by atoms with Crippen molar-refractivity contribution in [2.45, 2.75) is 58.2 Å². The predicted molar refractivity (Wildman–Crippen MR) is 87.4 cm³/mol. The van der Waals surface area contributed by atoms with E-state index >= 15 is 0 Å². The Bertz CT molecular complexity index is 448. The first-order valence-electron chi connectivity index (χ1n) is 7.75. The van der Waals surface area contributed by atoms with Gasteiger partial charge in [-0.25, -0.2) is 0 Å². The van der Waals surface area contributed by atoms with Gasteiger partial charge < -0.3 is 5.32 Å². The summed E-state index contributed by atoms with van der Waals surface area (Å²) in [6.45, 7) is 11.3. The van der Waals surface area contributed by atoms with Crippen LogP contribution >= 0.6 is 11.6 Å². The molecule has 2 rings (SSSR count). The number of rotatable bonds is 4. The van der Waals surface area contributed by atoms with Crippen molar-refractivity contribution >= 4 is 11.6 Å². The Hall–Kier alpha value is -0.570. The fourth-order valence-corrected chi connectivity index (χ4v) is 3.29.